The van der Waals surface area contributed by atoms with Gasteiger partial charge in [-0.1, -0.05) is 60.1 Å². The summed E-state index contributed by atoms with van der Waals surface area (Å²) >= 11 is 0. The van der Waals surface area contributed by atoms with Gasteiger partial charge in [0.25, 0.3) is 0 Å². The highest BCUT2D eigenvalue weighted by molar-refractivity contribution is 8.76. The molecular formula is C11H16S2. The van der Waals surface area contributed by atoms with E-state index in [-0.39, 0.29) is 0 Å². The third-order valence-electron chi connectivity index (χ3n) is 1.76. The van der Waals surface area contributed by atoms with E-state index in [1.165, 1.54) is 29.1 Å². The van der Waals surface area contributed by atoms with Crippen molar-refractivity contribution < 1.29 is 0 Å². The largest absolute Gasteiger partial charge is 0.0892 e. The maximum absolute atomic E-state index is 2.24. The summed E-state index contributed by atoms with van der Waals surface area (Å²) in [5, 5.41) is 0. The van der Waals surface area contributed by atoms with Gasteiger partial charge in [0.1, 0.15) is 0 Å². The summed E-state index contributed by atoms with van der Waals surface area (Å²) in [6.07, 6.45) is 2.43. The summed E-state index contributed by atoms with van der Waals surface area (Å²) in [4.78, 5) is 1.44. The van der Waals surface area contributed by atoms with Crippen LogP contribution in [-0.4, -0.2) is 5.75 Å². The van der Waals surface area contributed by atoms with Crippen LogP contribution in [0.4, 0.5) is 0 Å². The zero-order chi connectivity index (χ0) is 9.52. The first-order chi connectivity index (χ1) is 6.38. The lowest BCUT2D eigenvalue weighted by atomic mass is 10.1. The molecule has 13 heavy (non-hydrogen) atoms. The normalized spacial score (nSPS) is 10.3. The van der Waals surface area contributed by atoms with Crippen molar-refractivity contribution in [3.63, 3.8) is 0 Å². The fourth-order valence-electron chi connectivity index (χ4n) is 1.18. The quantitative estimate of drug-likeness (QED) is 0.664. The third-order valence-corrected chi connectivity index (χ3v) is 4.29. The molecule has 0 saturated heterocycles. The summed E-state index contributed by atoms with van der Waals surface area (Å²) in [5.41, 5.74) is 1.50. The fourth-order valence-corrected chi connectivity index (χ4v) is 3.06. The van der Waals surface area contributed by atoms with Crippen molar-refractivity contribution in [3.8, 4) is 0 Å². The van der Waals surface area contributed by atoms with Crippen LogP contribution in [0.2, 0.25) is 0 Å². The SMILES string of the molecule is CCCc1ccccc1SSCC. The first kappa shape index (κ1) is 11.0. The molecule has 72 valence electrons. The van der Waals surface area contributed by atoms with Gasteiger partial charge in [-0.05, 0) is 18.1 Å². The Kier molecular flexibility index (Phi) is 5.40. The average Bonchev–Trinajstić information content (AvgIpc) is 2.17. The summed E-state index contributed by atoms with van der Waals surface area (Å²) in [7, 11) is 3.82. The molecule has 0 fully saturated rings. The van der Waals surface area contributed by atoms with E-state index in [0.29, 0.717) is 0 Å². The standard InChI is InChI=1S/C11H16S2/c1-3-7-10-8-5-6-9-11(10)13-12-4-2/h5-6,8-9H,3-4,7H2,1-2H3. The maximum Gasteiger partial charge on any atom is 0.0214 e. The Bertz CT molecular complexity index is 246. The van der Waals surface area contributed by atoms with Gasteiger partial charge in [0.05, 0.1) is 0 Å². The second kappa shape index (κ2) is 6.39. The summed E-state index contributed by atoms with van der Waals surface area (Å²) in [5.74, 6) is 1.17. The highest BCUT2D eigenvalue weighted by Gasteiger charge is 2.00. The fraction of sp³-hybridized carbons (Fsp3) is 0.455. The van der Waals surface area contributed by atoms with Gasteiger partial charge in [0.2, 0.25) is 0 Å². The van der Waals surface area contributed by atoms with Crippen LogP contribution in [0.25, 0.3) is 0 Å². The molecule has 1 aromatic carbocycles. The van der Waals surface area contributed by atoms with Crippen molar-refractivity contribution in [3.05, 3.63) is 29.8 Å². The minimum Gasteiger partial charge on any atom is -0.0892 e. The van der Waals surface area contributed by atoms with Crippen LogP contribution in [0.5, 0.6) is 0 Å². The van der Waals surface area contributed by atoms with Gasteiger partial charge in [-0.2, -0.15) is 0 Å². The lowest BCUT2D eigenvalue weighted by Crippen LogP contribution is -1.85. The molecular weight excluding hydrogens is 196 g/mol. The average molecular weight is 212 g/mol. The molecule has 0 unspecified atom stereocenters. The highest BCUT2D eigenvalue weighted by atomic mass is 33.1. The van der Waals surface area contributed by atoms with E-state index in [4.69, 9.17) is 0 Å². The molecule has 0 aliphatic rings. The van der Waals surface area contributed by atoms with Crippen molar-refractivity contribution in [2.45, 2.75) is 31.6 Å². The van der Waals surface area contributed by atoms with Crippen LogP contribution in [0.15, 0.2) is 29.2 Å². The summed E-state index contributed by atoms with van der Waals surface area (Å²) < 4.78 is 0. The maximum atomic E-state index is 2.24. The Morgan fingerprint density at radius 2 is 1.92 bits per heavy atom. The van der Waals surface area contributed by atoms with Gasteiger partial charge in [-0.15, -0.1) is 0 Å². The van der Waals surface area contributed by atoms with Crippen molar-refractivity contribution >= 4 is 21.6 Å². The minimum atomic E-state index is 1.17. The predicted molar refractivity (Wildman–Crippen MR) is 64.4 cm³/mol. The van der Waals surface area contributed by atoms with Crippen LogP contribution < -0.4 is 0 Å². The van der Waals surface area contributed by atoms with E-state index in [9.17, 15) is 0 Å². The number of hydrogen-bond donors (Lipinski definition) is 0. The molecule has 0 radical (unpaired) electrons. The molecule has 0 saturated carbocycles. The highest BCUT2D eigenvalue weighted by Crippen LogP contribution is 2.33. The molecule has 0 bridgehead atoms. The molecule has 0 N–H and O–H groups in total. The molecule has 0 atom stereocenters. The van der Waals surface area contributed by atoms with E-state index in [1.807, 2.05) is 21.6 Å². The van der Waals surface area contributed by atoms with Crippen LogP contribution in [-0.2, 0) is 6.42 Å². The van der Waals surface area contributed by atoms with Crippen molar-refractivity contribution in [2.24, 2.45) is 0 Å². The number of benzene rings is 1. The Labute approximate surface area is 88.9 Å². The van der Waals surface area contributed by atoms with Crippen LogP contribution in [0, 0.1) is 0 Å². The monoisotopic (exact) mass is 212 g/mol. The Hall–Kier alpha value is -0.0800. The molecule has 0 spiro atoms. The molecule has 0 nitrogen and oxygen atoms in total. The van der Waals surface area contributed by atoms with E-state index in [0.717, 1.165) is 0 Å². The van der Waals surface area contributed by atoms with Crippen molar-refractivity contribution in [2.75, 3.05) is 5.75 Å². The molecule has 1 rings (SSSR count). The van der Waals surface area contributed by atoms with Gasteiger partial charge in [-0.3, -0.25) is 0 Å². The van der Waals surface area contributed by atoms with E-state index in [2.05, 4.69) is 38.1 Å². The number of rotatable bonds is 5. The van der Waals surface area contributed by atoms with Crippen molar-refractivity contribution in [1.29, 1.82) is 0 Å². The molecule has 0 amide bonds. The van der Waals surface area contributed by atoms with Crippen LogP contribution >= 0.6 is 21.6 Å². The smallest absolute Gasteiger partial charge is 0.0214 e. The lowest BCUT2D eigenvalue weighted by Gasteiger charge is -2.05. The second-order valence-electron chi connectivity index (χ2n) is 2.85. The number of aryl methyl sites for hydroxylation is 1. The molecule has 2 heteroatoms. The number of hydrogen-bond acceptors (Lipinski definition) is 2. The zero-order valence-corrected chi connectivity index (χ0v) is 9.88. The van der Waals surface area contributed by atoms with E-state index < -0.39 is 0 Å². The molecule has 0 aliphatic carbocycles. The zero-order valence-electron chi connectivity index (χ0n) is 8.25. The Morgan fingerprint density at radius 3 is 2.62 bits per heavy atom. The van der Waals surface area contributed by atoms with Crippen molar-refractivity contribution in [1.82, 2.24) is 0 Å². The second-order valence-corrected chi connectivity index (χ2v) is 5.47. The lowest BCUT2D eigenvalue weighted by molar-refractivity contribution is 0.901. The van der Waals surface area contributed by atoms with Gasteiger partial charge in [-0.25, -0.2) is 0 Å². The first-order valence-corrected chi connectivity index (χ1v) is 7.07. The summed E-state index contributed by atoms with van der Waals surface area (Å²) in [6, 6.07) is 8.71. The van der Waals surface area contributed by atoms with E-state index >= 15 is 0 Å². The molecule has 0 aliphatic heterocycles. The van der Waals surface area contributed by atoms with Gasteiger partial charge >= 0.3 is 0 Å². The third kappa shape index (κ3) is 3.65. The van der Waals surface area contributed by atoms with Gasteiger partial charge in [0, 0.05) is 10.6 Å². The van der Waals surface area contributed by atoms with Crippen LogP contribution in [0.3, 0.4) is 0 Å². The molecule has 0 aromatic heterocycles. The van der Waals surface area contributed by atoms with Gasteiger partial charge in [0.15, 0.2) is 0 Å². The predicted octanol–water partition coefficient (Wildman–Crippen LogP) is 4.40. The Balaban J connectivity index is 2.66. The Morgan fingerprint density at radius 1 is 1.15 bits per heavy atom. The first-order valence-electron chi connectivity index (χ1n) is 4.75. The minimum absolute atomic E-state index is 1.17. The molecule has 0 heterocycles. The van der Waals surface area contributed by atoms with Crippen LogP contribution in [0.1, 0.15) is 25.8 Å². The topological polar surface area (TPSA) is 0 Å². The molecule has 1 aromatic rings. The summed E-state index contributed by atoms with van der Waals surface area (Å²) in [6.45, 7) is 4.43. The van der Waals surface area contributed by atoms with E-state index in [1.54, 1.807) is 0 Å². The van der Waals surface area contributed by atoms with Gasteiger partial charge < -0.3 is 0 Å².